The van der Waals surface area contributed by atoms with Crippen molar-refractivity contribution in [2.24, 2.45) is 0 Å². The summed E-state index contributed by atoms with van der Waals surface area (Å²) in [5, 5.41) is -0.0535. The molecule has 0 aliphatic heterocycles. The SMILES string of the molecule is O=c1[nH]c(-c2ccccc2)nc2cccc(C(F)F)c12. The van der Waals surface area contributed by atoms with Crippen LogP contribution in [0.25, 0.3) is 22.3 Å². The van der Waals surface area contributed by atoms with Crippen molar-refractivity contribution < 1.29 is 8.78 Å². The number of hydrogen-bond donors (Lipinski definition) is 1. The van der Waals surface area contributed by atoms with Crippen LogP contribution in [0, 0.1) is 0 Å². The van der Waals surface area contributed by atoms with E-state index in [-0.39, 0.29) is 16.5 Å². The molecule has 0 saturated heterocycles. The maximum Gasteiger partial charge on any atom is 0.264 e. The highest BCUT2D eigenvalue weighted by molar-refractivity contribution is 5.83. The highest BCUT2D eigenvalue weighted by atomic mass is 19.3. The van der Waals surface area contributed by atoms with Crippen molar-refractivity contribution in [2.75, 3.05) is 0 Å². The van der Waals surface area contributed by atoms with Gasteiger partial charge in [0.15, 0.2) is 0 Å². The third-order valence-electron chi connectivity index (χ3n) is 3.05. The van der Waals surface area contributed by atoms with Gasteiger partial charge in [0.1, 0.15) is 5.82 Å². The van der Waals surface area contributed by atoms with Crippen molar-refractivity contribution in [2.45, 2.75) is 6.43 Å². The van der Waals surface area contributed by atoms with Crippen LogP contribution in [-0.4, -0.2) is 9.97 Å². The van der Waals surface area contributed by atoms with Gasteiger partial charge in [0.05, 0.1) is 10.9 Å². The third-order valence-corrected chi connectivity index (χ3v) is 3.05. The number of aromatic nitrogens is 2. The van der Waals surface area contributed by atoms with E-state index in [2.05, 4.69) is 9.97 Å². The summed E-state index contributed by atoms with van der Waals surface area (Å²) in [6.07, 6.45) is -2.70. The molecule has 0 bridgehead atoms. The number of benzene rings is 2. The summed E-state index contributed by atoms with van der Waals surface area (Å²) < 4.78 is 25.8. The molecule has 0 saturated carbocycles. The molecule has 0 atom stereocenters. The van der Waals surface area contributed by atoms with Gasteiger partial charge in [0.25, 0.3) is 12.0 Å². The van der Waals surface area contributed by atoms with Gasteiger partial charge in [-0.1, -0.05) is 42.5 Å². The lowest BCUT2D eigenvalue weighted by molar-refractivity contribution is 0.153. The Kier molecular flexibility index (Phi) is 3.02. The molecular weight excluding hydrogens is 262 g/mol. The lowest BCUT2D eigenvalue weighted by atomic mass is 10.1. The lowest BCUT2D eigenvalue weighted by Crippen LogP contribution is -2.11. The molecule has 100 valence electrons. The molecule has 0 aliphatic rings. The second-order valence-corrected chi connectivity index (χ2v) is 4.32. The number of nitrogens with zero attached hydrogens (tertiary/aromatic N) is 1. The second-order valence-electron chi connectivity index (χ2n) is 4.32. The molecule has 0 amide bonds. The molecule has 1 N–H and O–H groups in total. The summed E-state index contributed by atoms with van der Waals surface area (Å²) >= 11 is 0. The molecule has 0 aliphatic carbocycles. The summed E-state index contributed by atoms with van der Waals surface area (Å²) in [6, 6.07) is 13.3. The zero-order valence-electron chi connectivity index (χ0n) is 10.3. The number of H-pyrrole nitrogens is 1. The fourth-order valence-electron chi connectivity index (χ4n) is 2.13. The first-order valence-electron chi connectivity index (χ1n) is 6.03. The van der Waals surface area contributed by atoms with Crippen LogP contribution in [0.5, 0.6) is 0 Å². The Morgan fingerprint density at radius 2 is 1.75 bits per heavy atom. The van der Waals surface area contributed by atoms with E-state index >= 15 is 0 Å². The zero-order chi connectivity index (χ0) is 14.1. The fraction of sp³-hybridized carbons (Fsp3) is 0.0667. The van der Waals surface area contributed by atoms with Gasteiger partial charge in [0.2, 0.25) is 0 Å². The first-order chi connectivity index (χ1) is 9.66. The average Bonchev–Trinajstić information content (AvgIpc) is 2.47. The number of aromatic amines is 1. The van der Waals surface area contributed by atoms with Crippen LogP contribution in [-0.2, 0) is 0 Å². The molecule has 0 radical (unpaired) electrons. The van der Waals surface area contributed by atoms with E-state index in [0.29, 0.717) is 5.82 Å². The van der Waals surface area contributed by atoms with Gasteiger partial charge >= 0.3 is 0 Å². The highest BCUT2D eigenvalue weighted by Gasteiger charge is 2.15. The Hall–Kier alpha value is -2.56. The number of rotatable bonds is 2. The predicted molar refractivity (Wildman–Crippen MR) is 72.8 cm³/mol. The van der Waals surface area contributed by atoms with E-state index < -0.39 is 12.0 Å². The number of halogens is 2. The number of nitrogens with one attached hydrogen (secondary N) is 1. The van der Waals surface area contributed by atoms with Crippen LogP contribution in [0.3, 0.4) is 0 Å². The molecular formula is C15H10F2N2O. The summed E-state index contributed by atoms with van der Waals surface area (Å²) in [5.41, 5.74) is 0.153. The minimum absolute atomic E-state index is 0.0535. The van der Waals surface area contributed by atoms with E-state index in [9.17, 15) is 13.6 Å². The Morgan fingerprint density at radius 3 is 2.45 bits per heavy atom. The maximum atomic E-state index is 12.9. The topological polar surface area (TPSA) is 45.8 Å². The molecule has 1 aromatic heterocycles. The molecule has 5 heteroatoms. The van der Waals surface area contributed by atoms with Crippen LogP contribution in [0.4, 0.5) is 8.78 Å². The first-order valence-corrected chi connectivity index (χ1v) is 6.03. The molecule has 0 fully saturated rings. The largest absolute Gasteiger partial charge is 0.306 e. The van der Waals surface area contributed by atoms with Gasteiger partial charge in [-0.05, 0) is 6.07 Å². The molecule has 0 spiro atoms. The molecule has 20 heavy (non-hydrogen) atoms. The molecule has 3 aromatic rings. The van der Waals surface area contributed by atoms with Gasteiger partial charge in [-0.2, -0.15) is 0 Å². The molecule has 3 rings (SSSR count). The van der Waals surface area contributed by atoms with Crippen molar-refractivity contribution >= 4 is 10.9 Å². The minimum atomic E-state index is -2.70. The molecule has 2 aromatic carbocycles. The number of fused-ring (bicyclic) bond motifs is 1. The Morgan fingerprint density at radius 1 is 1.00 bits per heavy atom. The second kappa shape index (κ2) is 4.85. The normalized spacial score (nSPS) is 11.2. The third kappa shape index (κ3) is 2.07. The monoisotopic (exact) mass is 272 g/mol. The zero-order valence-corrected chi connectivity index (χ0v) is 10.3. The van der Waals surface area contributed by atoms with Crippen LogP contribution >= 0.6 is 0 Å². The van der Waals surface area contributed by atoms with E-state index in [1.807, 2.05) is 18.2 Å². The van der Waals surface area contributed by atoms with Crippen molar-refractivity contribution in [3.8, 4) is 11.4 Å². The minimum Gasteiger partial charge on any atom is -0.306 e. The quantitative estimate of drug-likeness (QED) is 0.775. The van der Waals surface area contributed by atoms with E-state index in [1.54, 1.807) is 18.2 Å². The lowest BCUT2D eigenvalue weighted by Gasteiger charge is -2.06. The average molecular weight is 272 g/mol. The smallest absolute Gasteiger partial charge is 0.264 e. The van der Waals surface area contributed by atoms with Gasteiger partial charge in [-0.15, -0.1) is 0 Å². The maximum absolute atomic E-state index is 12.9. The van der Waals surface area contributed by atoms with Crippen molar-refractivity contribution in [3.63, 3.8) is 0 Å². The standard InChI is InChI=1S/C15H10F2N2O/c16-13(17)10-7-4-8-11-12(10)15(20)19-14(18-11)9-5-2-1-3-6-9/h1-8,13H,(H,18,19,20). The van der Waals surface area contributed by atoms with Crippen molar-refractivity contribution in [1.82, 2.24) is 9.97 Å². The number of hydrogen-bond acceptors (Lipinski definition) is 2. The summed E-state index contributed by atoms with van der Waals surface area (Å²) in [7, 11) is 0. The first kappa shape index (κ1) is 12.5. The summed E-state index contributed by atoms with van der Waals surface area (Å²) in [5.74, 6) is 0.370. The van der Waals surface area contributed by atoms with Gasteiger partial charge in [0, 0.05) is 11.1 Å². The Bertz CT molecular complexity index is 813. The predicted octanol–water partition coefficient (Wildman–Crippen LogP) is 3.53. The Balaban J connectivity index is 2.29. The van der Waals surface area contributed by atoms with Crippen molar-refractivity contribution in [3.05, 3.63) is 64.4 Å². The molecule has 0 unspecified atom stereocenters. The van der Waals surface area contributed by atoms with E-state index in [4.69, 9.17) is 0 Å². The van der Waals surface area contributed by atoms with E-state index in [1.165, 1.54) is 12.1 Å². The molecule has 1 heterocycles. The highest BCUT2D eigenvalue weighted by Crippen LogP contribution is 2.25. The fourth-order valence-corrected chi connectivity index (χ4v) is 2.13. The Labute approximate surface area is 112 Å². The van der Waals surface area contributed by atoms with Crippen LogP contribution in [0.2, 0.25) is 0 Å². The van der Waals surface area contributed by atoms with Gasteiger partial charge in [-0.25, -0.2) is 13.8 Å². The van der Waals surface area contributed by atoms with Crippen LogP contribution in [0.1, 0.15) is 12.0 Å². The van der Waals surface area contributed by atoms with Gasteiger partial charge < -0.3 is 4.98 Å². The molecule has 3 nitrogen and oxygen atoms in total. The van der Waals surface area contributed by atoms with Crippen molar-refractivity contribution in [1.29, 1.82) is 0 Å². The summed E-state index contributed by atoms with van der Waals surface area (Å²) in [4.78, 5) is 18.9. The van der Waals surface area contributed by atoms with E-state index in [0.717, 1.165) is 5.56 Å². The summed E-state index contributed by atoms with van der Waals surface area (Å²) in [6.45, 7) is 0. The van der Waals surface area contributed by atoms with Crippen LogP contribution < -0.4 is 5.56 Å². The van der Waals surface area contributed by atoms with Gasteiger partial charge in [-0.3, -0.25) is 4.79 Å². The number of alkyl halides is 2. The van der Waals surface area contributed by atoms with Crippen LogP contribution in [0.15, 0.2) is 53.3 Å².